The molecule has 13 heavy (non-hydrogen) atoms. The third-order valence-electron chi connectivity index (χ3n) is 1.34. The molecule has 0 bridgehead atoms. The minimum Gasteiger partial charge on any atom is -0.430 e. The van der Waals surface area contributed by atoms with E-state index in [1.54, 1.807) is 0 Å². The topological polar surface area (TPSA) is 61.8 Å². The molecule has 0 aromatic carbocycles. The van der Waals surface area contributed by atoms with Crippen molar-refractivity contribution in [2.45, 2.75) is 12.3 Å². The summed E-state index contributed by atoms with van der Waals surface area (Å²) in [6, 6.07) is 0. The first-order chi connectivity index (χ1) is 6.24. The first-order valence-corrected chi connectivity index (χ1v) is 5.07. The van der Waals surface area contributed by atoms with Crippen LogP contribution in [0.25, 0.3) is 0 Å². The number of cyclic esters (lactones) is 2. The van der Waals surface area contributed by atoms with Gasteiger partial charge in [-0.25, -0.2) is 4.79 Å². The molecule has 2 unspecified atom stereocenters. The van der Waals surface area contributed by atoms with Gasteiger partial charge in [0.25, 0.3) is 0 Å². The molecular formula is C7H9O5P. The van der Waals surface area contributed by atoms with Crippen molar-refractivity contribution >= 4 is 14.2 Å². The van der Waals surface area contributed by atoms with Crippen molar-refractivity contribution < 1.29 is 23.4 Å². The van der Waals surface area contributed by atoms with Crippen LogP contribution in [0.4, 0.5) is 4.79 Å². The number of hydrogen-bond acceptors (Lipinski definition) is 5. The summed E-state index contributed by atoms with van der Waals surface area (Å²) in [5, 5.41) is 0. The quantitative estimate of drug-likeness (QED) is 0.296. The lowest BCUT2D eigenvalue weighted by Gasteiger charge is -2.05. The Kier molecular flexibility index (Phi) is 3.81. The van der Waals surface area contributed by atoms with Gasteiger partial charge in [-0.1, -0.05) is 0 Å². The van der Waals surface area contributed by atoms with Gasteiger partial charge in [0.15, 0.2) is 0 Å². The van der Waals surface area contributed by atoms with E-state index in [1.807, 2.05) is 0 Å². The second-order valence-corrected chi connectivity index (χ2v) is 3.86. The summed E-state index contributed by atoms with van der Waals surface area (Å²) >= 11 is 0. The van der Waals surface area contributed by atoms with Gasteiger partial charge in [-0.05, 0) is 0 Å². The zero-order chi connectivity index (χ0) is 9.68. The summed E-state index contributed by atoms with van der Waals surface area (Å²) in [5.74, 6) is 1.58. The van der Waals surface area contributed by atoms with E-state index in [1.165, 1.54) is 0 Å². The van der Waals surface area contributed by atoms with Gasteiger partial charge in [0.05, 0.1) is 6.61 Å². The molecule has 6 heteroatoms. The van der Waals surface area contributed by atoms with Gasteiger partial charge < -0.3 is 14.0 Å². The molecule has 1 saturated heterocycles. The first kappa shape index (κ1) is 10.1. The molecule has 1 aliphatic heterocycles. The van der Waals surface area contributed by atoms with Crippen LogP contribution in [-0.4, -0.2) is 25.2 Å². The van der Waals surface area contributed by atoms with Crippen molar-refractivity contribution in [2.24, 2.45) is 0 Å². The highest BCUT2D eigenvalue weighted by Gasteiger charge is 2.30. The molecule has 0 saturated carbocycles. The number of ether oxygens (including phenoxy) is 2. The second-order valence-electron chi connectivity index (χ2n) is 2.29. The van der Waals surface area contributed by atoms with Crippen molar-refractivity contribution in [3.8, 4) is 12.3 Å². The van der Waals surface area contributed by atoms with Crippen molar-refractivity contribution in [3.63, 3.8) is 0 Å². The summed E-state index contributed by atoms with van der Waals surface area (Å²) in [6.45, 7) is 0.203. The Balaban J connectivity index is 2.24. The summed E-state index contributed by atoms with van der Waals surface area (Å²) in [6.07, 6.45) is 4.54. The molecule has 5 nitrogen and oxygen atoms in total. The van der Waals surface area contributed by atoms with Gasteiger partial charge in [-0.2, -0.15) is 0 Å². The Labute approximate surface area is 76.2 Å². The Hall–Kier alpha value is -0.980. The second kappa shape index (κ2) is 4.90. The third-order valence-corrected chi connectivity index (χ3v) is 2.64. The predicted octanol–water partition coefficient (Wildman–Crippen LogP) is 0.994. The highest BCUT2D eigenvalue weighted by molar-refractivity contribution is 7.39. The number of hydrogen-bond donors (Lipinski definition) is 0. The fourth-order valence-electron chi connectivity index (χ4n) is 0.748. The molecule has 1 aliphatic rings. The lowest BCUT2D eigenvalue weighted by Crippen LogP contribution is -2.05. The van der Waals surface area contributed by atoms with E-state index in [9.17, 15) is 9.36 Å². The van der Waals surface area contributed by atoms with Crippen LogP contribution in [0, 0.1) is 12.3 Å². The number of terminal acetylenes is 1. The lowest BCUT2D eigenvalue weighted by atomic mass is 10.5. The van der Waals surface area contributed by atoms with Crippen LogP contribution >= 0.6 is 8.03 Å². The van der Waals surface area contributed by atoms with Crippen molar-refractivity contribution in [1.29, 1.82) is 0 Å². The zero-order valence-electron chi connectivity index (χ0n) is 6.82. The molecule has 0 aliphatic carbocycles. The molecule has 0 aromatic rings. The van der Waals surface area contributed by atoms with Crippen LogP contribution in [0.15, 0.2) is 0 Å². The predicted molar refractivity (Wildman–Crippen MR) is 44.6 cm³/mol. The normalized spacial score (nSPS) is 23.0. The molecular weight excluding hydrogens is 195 g/mol. The fourth-order valence-corrected chi connectivity index (χ4v) is 1.65. The SMILES string of the molecule is C#CCCO[PH](=O)C1COC(=O)O1. The molecule has 0 spiro atoms. The molecule has 1 fully saturated rings. The summed E-state index contributed by atoms with van der Waals surface area (Å²) in [7, 11) is -2.39. The van der Waals surface area contributed by atoms with E-state index in [4.69, 9.17) is 10.9 Å². The third kappa shape index (κ3) is 3.10. The van der Waals surface area contributed by atoms with Gasteiger partial charge in [0, 0.05) is 6.42 Å². The van der Waals surface area contributed by atoms with Crippen LogP contribution in [0.3, 0.4) is 0 Å². The fraction of sp³-hybridized carbons (Fsp3) is 0.571. The molecule has 72 valence electrons. The van der Waals surface area contributed by atoms with Crippen molar-refractivity contribution in [1.82, 2.24) is 0 Å². The van der Waals surface area contributed by atoms with Crippen LogP contribution in [-0.2, 0) is 18.6 Å². The number of carbonyl (C=O) groups excluding carboxylic acids is 1. The molecule has 0 radical (unpaired) electrons. The number of rotatable bonds is 4. The van der Waals surface area contributed by atoms with Crippen LogP contribution in [0.2, 0.25) is 0 Å². The van der Waals surface area contributed by atoms with Gasteiger partial charge in [-0.15, -0.1) is 12.3 Å². The van der Waals surface area contributed by atoms with E-state index in [2.05, 4.69) is 15.4 Å². The monoisotopic (exact) mass is 204 g/mol. The van der Waals surface area contributed by atoms with Gasteiger partial charge in [0.2, 0.25) is 13.9 Å². The average molecular weight is 204 g/mol. The molecule has 2 atom stereocenters. The summed E-state index contributed by atoms with van der Waals surface area (Å²) in [4.78, 5) is 10.4. The van der Waals surface area contributed by atoms with Gasteiger partial charge in [0.1, 0.15) is 6.61 Å². The zero-order valence-corrected chi connectivity index (χ0v) is 7.82. The maximum Gasteiger partial charge on any atom is 0.509 e. The molecule has 0 amide bonds. The standard InChI is InChI=1S/C7H9O5P/c1-2-3-4-11-13(9)6-5-10-7(8)12-6/h1,6,13H,3-5H2. The highest BCUT2D eigenvalue weighted by atomic mass is 31.1. The summed E-state index contributed by atoms with van der Waals surface area (Å²) in [5.41, 5.74) is 0. The van der Waals surface area contributed by atoms with Crippen molar-refractivity contribution in [2.75, 3.05) is 13.2 Å². The molecule has 0 N–H and O–H groups in total. The van der Waals surface area contributed by atoms with Crippen LogP contribution < -0.4 is 0 Å². The minimum absolute atomic E-state index is 0.00726. The largest absolute Gasteiger partial charge is 0.509 e. The Morgan fingerprint density at radius 2 is 2.54 bits per heavy atom. The molecule has 1 rings (SSSR count). The number of carbonyl (C=O) groups is 1. The van der Waals surface area contributed by atoms with Crippen molar-refractivity contribution in [3.05, 3.63) is 0 Å². The smallest absolute Gasteiger partial charge is 0.430 e. The highest BCUT2D eigenvalue weighted by Crippen LogP contribution is 2.33. The van der Waals surface area contributed by atoms with E-state index >= 15 is 0 Å². The lowest BCUT2D eigenvalue weighted by molar-refractivity contribution is 0.126. The van der Waals surface area contributed by atoms with Gasteiger partial charge in [-0.3, -0.25) is 4.57 Å². The maximum absolute atomic E-state index is 11.2. The Morgan fingerprint density at radius 1 is 1.77 bits per heavy atom. The van der Waals surface area contributed by atoms with E-state index in [0.29, 0.717) is 6.42 Å². The Morgan fingerprint density at radius 3 is 3.08 bits per heavy atom. The summed E-state index contributed by atoms with van der Waals surface area (Å²) < 4.78 is 25.0. The van der Waals surface area contributed by atoms with Gasteiger partial charge >= 0.3 is 6.16 Å². The molecule has 0 aromatic heterocycles. The van der Waals surface area contributed by atoms with Crippen LogP contribution in [0.1, 0.15) is 6.42 Å². The van der Waals surface area contributed by atoms with E-state index < -0.39 is 20.0 Å². The average Bonchev–Trinajstić information content (AvgIpc) is 2.52. The first-order valence-electron chi connectivity index (χ1n) is 3.67. The molecule has 1 heterocycles. The van der Waals surface area contributed by atoms with Crippen LogP contribution in [0.5, 0.6) is 0 Å². The Bertz CT molecular complexity index is 256. The van der Waals surface area contributed by atoms with E-state index in [0.717, 1.165) is 0 Å². The van der Waals surface area contributed by atoms with E-state index in [-0.39, 0.29) is 13.2 Å². The maximum atomic E-state index is 11.2. The minimum atomic E-state index is -2.39.